The summed E-state index contributed by atoms with van der Waals surface area (Å²) in [5, 5.41) is 1.69. The molecule has 1 aromatic carbocycles. The molecule has 0 bridgehead atoms. The van der Waals surface area contributed by atoms with Crippen molar-refractivity contribution >= 4 is 13.3 Å². The van der Waals surface area contributed by atoms with Crippen LogP contribution in [0.1, 0.15) is 31.9 Å². The van der Waals surface area contributed by atoms with E-state index in [2.05, 4.69) is 59.0 Å². The fourth-order valence-corrected chi connectivity index (χ4v) is 7.15. The molecule has 0 aromatic heterocycles. The molecular formula is C14H22Si. The molecule has 15 heavy (non-hydrogen) atoms. The Hall–Kier alpha value is -0.563. The minimum atomic E-state index is -1.22. The second kappa shape index (κ2) is 2.97. The van der Waals surface area contributed by atoms with Crippen LogP contribution in [-0.2, 0) is 5.41 Å². The lowest BCUT2D eigenvalue weighted by Crippen LogP contribution is -2.42. The summed E-state index contributed by atoms with van der Waals surface area (Å²) >= 11 is 0. The molecule has 82 valence electrons. The maximum atomic E-state index is 2.51. The highest BCUT2D eigenvalue weighted by molar-refractivity contribution is 6.92. The van der Waals surface area contributed by atoms with Gasteiger partial charge in [0.2, 0.25) is 0 Å². The van der Waals surface area contributed by atoms with Gasteiger partial charge in [-0.2, -0.15) is 0 Å². The first-order valence-electron chi connectivity index (χ1n) is 5.89. The van der Waals surface area contributed by atoms with Crippen molar-refractivity contribution in [2.45, 2.75) is 51.7 Å². The van der Waals surface area contributed by atoms with Crippen molar-refractivity contribution in [2.75, 3.05) is 0 Å². The van der Waals surface area contributed by atoms with E-state index in [0.717, 1.165) is 5.54 Å². The maximum Gasteiger partial charge on any atom is 0.0846 e. The van der Waals surface area contributed by atoms with Crippen LogP contribution in [0.5, 0.6) is 0 Å². The monoisotopic (exact) mass is 218 g/mol. The third-order valence-corrected chi connectivity index (χ3v) is 9.44. The van der Waals surface area contributed by atoms with Crippen molar-refractivity contribution in [3.05, 3.63) is 29.3 Å². The summed E-state index contributed by atoms with van der Waals surface area (Å²) in [4.78, 5) is 0. The van der Waals surface area contributed by atoms with E-state index >= 15 is 0 Å². The number of benzene rings is 1. The predicted molar refractivity (Wildman–Crippen MR) is 70.7 cm³/mol. The van der Waals surface area contributed by atoms with E-state index in [1.54, 1.807) is 10.8 Å². The van der Waals surface area contributed by atoms with Gasteiger partial charge in [-0.15, -0.1) is 0 Å². The maximum absolute atomic E-state index is 2.51. The number of hydrogen-bond acceptors (Lipinski definition) is 0. The summed E-state index contributed by atoms with van der Waals surface area (Å²) in [5.41, 5.74) is 4.23. The summed E-state index contributed by atoms with van der Waals surface area (Å²) in [6, 6.07) is 7.08. The van der Waals surface area contributed by atoms with E-state index in [4.69, 9.17) is 0 Å². The van der Waals surface area contributed by atoms with Gasteiger partial charge >= 0.3 is 0 Å². The van der Waals surface area contributed by atoms with Gasteiger partial charge < -0.3 is 0 Å². The Kier molecular flexibility index (Phi) is 2.17. The van der Waals surface area contributed by atoms with Crippen LogP contribution >= 0.6 is 0 Å². The van der Waals surface area contributed by atoms with Gasteiger partial charge in [-0.3, -0.25) is 0 Å². The molecule has 0 aliphatic carbocycles. The number of fused-ring (bicyclic) bond motifs is 1. The zero-order valence-electron chi connectivity index (χ0n) is 10.8. The van der Waals surface area contributed by atoms with Gasteiger partial charge in [0, 0.05) is 0 Å². The van der Waals surface area contributed by atoms with Crippen molar-refractivity contribution in [2.24, 2.45) is 0 Å². The van der Waals surface area contributed by atoms with Crippen molar-refractivity contribution in [1.82, 2.24) is 0 Å². The lowest BCUT2D eigenvalue weighted by molar-refractivity contribution is 0.511. The Balaban J connectivity index is 2.71. The molecule has 0 saturated heterocycles. The van der Waals surface area contributed by atoms with Gasteiger partial charge in [0.25, 0.3) is 0 Å². The summed E-state index contributed by atoms with van der Waals surface area (Å²) < 4.78 is 0. The molecule has 1 unspecified atom stereocenters. The standard InChI is InChI=1S/C14H22Si/c1-10-7-8-13-12(9-10)14(3,4)11(2)15(13,5)6/h7-9,11H,1-6H3. The first kappa shape index (κ1) is 10.9. The van der Waals surface area contributed by atoms with Crippen LogP contribution < -0.4 is 5.19 Å². The van der Waals surface area contributed by atoms with Crippen LogP contribution in [-0.4, -0.2) is 8.07 Å². The van der Waals surface area contributed by atoms with Crippen LogP contribution in [0.25, 0.3) is 0 Å². The van der Waals surface area contributed by atoms with Gasteiger partial charge in [0.1, 0.15) is 0 Å². The van der Waals surface area contributed by atoms with Crippen LogP contribution in [0.2, 0.25) is 18.6 Å². The Labute approximate surface area is 94.7 Å². The Bertz CT molecular complexity index is 402. The first-order valence-corrected chi connectivity index (χ1v) is 8.97. The van der Waals surface area contributed by atoms with E-state index in [9.17, 15) is 0 Å². The van der Waals surface area contributed by atoms with E-state index < -0.39 is 8.07 Å². The second-order valence-corrected chi connectivity index (χ2v) is 11.1. The van der Waals surface area contributed by atoms with Crippen molar-refractivity contribution in [3.8, 4) is 0 Å². The Morgan fingerprint density at radius 2 is 1.80 bits per heavy atom. The normalized spacial score (nSPS) is 26.4. The van der Waals surface area contributed by atoms with Crippen LogP contribution in [0, 0.1) is 6.92 Å². The summed E-state index contributed by atoms with van der Waals surface area (Å²) in [5.74, 6) is 0. The molecule has 1 aliphatic heterocycles. The van der Waals surface area contributed by atoms with Crippen LogP contribution in [0.4, 0.5) is 0 Å². The molecule has 1 heterocycles. The van der Waals surface area contributed by atoms with Crippen molar-refractivity contribution in [1.29, 1.82) is 0 Å². The average Bonchev–Trinajstić information content (AvgIpc) is 2.26. The fourth-order valence-electron chi connectivity index (χ4n) is 3.12. The zero-order valence-corrected chi connectivity index (χ0v) is 11.8. The van der Waals surface area contributed by atoms with Gasteiger partial charge in [0.15, 0.2) is 0 Å². The highest BCUT2D eigenvalue weighted by Crippen LogP contribution is 2.47. The quantitative estimate of drug-likeness (QED) is 0.584. The molecule has 2 rings (SSSR count). The van der Waals surface area contributed by atoms with E-state index in [1.165, 1.54) is 5.56 Å². The van der Waals surface area contributed by atoms with Gasteiger partial charge in [-0.05, 0) is 23.4 Å². The second-order valence-electron chi connectivity index (χ2n) is 6.21. The summed E-state index contributed by atoms with van der Waals surface area (Å²) in [6.45, 7) is 14.5. The van der Waals surface area contributed by atoms with E-state index in [-0.39, 0.29) is 0 Å². The van der Waals surface area contributed by atoms with E-state index in [1.807, 2.05) is 0 Å². The van der Waals surface area contributed by atoms with Gasteiger partial charge in [0.05, 0.1) is 8.07 Å². The van der Waals surface area contributed by atoms with E-state index in [0.29, 0.717) is 5.41 Å². The fraction of sp³-hybridized carbons (Fsp3) is 0.571. The SMILES string of the molecule is Cc1ccc2c(c1)C(C)(C)C(C)[Si]2(C)C. The van der Waals surface area contributed by atoms with Gasteiger partial charge in [-0.1, -0.05) is 62.8 Å². The number of hydrogen-bond donors (Lipinski definition) is 0. The number of aryl methyl sites for hydroxylation is 1. The largest absolute Gasteiger partial charge is 0.0846 e. The smallest absolute Gasteiger partial charge is 0.0652 e. The highest BCUT2D eigenvalue weighted by atomic mass is 28.3. The van der Waals surface area contributed by atoms with Crippen molar-refractivity contribution < 1.29 is 0 Å². The first-order chi connectivity index (χ1) is 6.78. The van der Waals surface area contributed by atoms with Crippen molar-refractivity contribution in [3.63, 3.8) is 0 Å². The molecule has 1 aromatic rings. The van der Waals surface area contributed by atoms with Crippen LogP contribution in [0.3, 0.4) is 0 Å². The molecule has 0 nitrogen and oxygen atoms in total. The molecule has 0 saturated carbocycles. The average molecular weight is 218 g/mol. The summed E-state index contributed by atoms with van der Waals surface area (Å²) in [6.07, 6.45) is 0. The minimum Gasteiger partial charge on any atom is -0.0652 e. The molecule has 0 fully saturated rings. The van der Waals surface area contributed by atoms with Gasteiger partial charge in [-0.25, -0.2) is 0 Å². The molecular weight excluding hydrogens is 196 g/mol. The molecule has 1 aliphatic rings. The minimum absolute atomic E-state index is 0.372. The Morgan fingerprint density at radius 3 is 2.40 bits per heavy atom. The lowest BCUT2D eigenvalue weighted by atomic mass is 9.82. The molecule has 1 atom stereocenters. The lowest BCUT2D eigenvalue weighted by Gasteiger charge is -2.31. The molecule has 0 amide bonds. The molecule has 0 N–H and O–H groups in total. The highest BCUT2D eigenvalue weighted by Gasteiger charge is 2.49. The Morgan fingerprint density at radius 1 is 1.20 bits per heavy atom. The molecule has 0 spiro atoms. The third kappa shape index (κ3) is 1.32. The topological polar surface area (TPSA) is 0 Å². The zero-order chi connectivity index (χ0) is 11.4. The van der Waals surface area contributed by atoms with Crippen LogP contribution in [0.15, 0.2) is 18.2 Å². The third-order valence-electron chi connectivity index (χ3n) is 4.73. The predicted octanol–water partition coefficient (Wildman–Crippen LogP) is 3.59. The summed E-state index contributed by atoms with van der Waals surface area (Å²) in [7, 11) is -1.22. The molecule has 1 heteroatoms. The molecule has 0 radical (unpaired) electrons. The number of rotatable bonds is 0.